The van der Waals surface area contributed by atoms with Crippen molar-refractivity contribution in [3.05, 3.63) is 46.3 Å². The van der Waals surface area contributed by atoms with E-state index in [0.29, 0.717) is 6.61 Å². The normalized spacial score (nSPS) is 33.0. The van der Waals surface area contributed by atoms with Crippen LogP contribution in [0.3, 0.4) is 0 Å². The van der Waals surface area contributed by atoms with Gasteiger partial charge in [0.2, 0.25) is 0 Å². The highest BCUT2D eigenvalue weighted by Crippen LogP contribution is 2.40. The maximum atomic E-state index is 8.68. The van der Waals surface area contributed by atoms with E-state index in [9.17, 15) is 0 Å². The quantitative estimate of drug-likeness (QED) is 0.474. The number of hydrogen-bond acceptors (Lipinski definition) is 5. The van der Waals surface area contributed by atoms with Gasteiger partial charge in [-0.05, 0) is 24.9 Å². The Morgan fingerprint density at radius 3 is 2.74 bits per heavy atom. The molecule has 7 nitrogen and oxygen atoms in total. The first kappa shape index (κ1) is 16.2. The first-order valence-electron chi connectivity index (χ1n) is 7.71. The van der Waals surface area contributed by atoms with Gasteiger partial charge in [-0.3, -0.25) is 0 Å². The molecule has 1 aromatic carbocycles. The van der Waals surface area contributed by atoms with Gasteiger partial charge in [0.05, 0.1) is 18.8 Å². The van der Waals surface area contributed by atoms with E-state index >= 15 is 0 Å². The van der Waals surface area contributed by atoms with Crippen molar-refractivity contribution in [3.63, 3.8) is 0 Å². The molecule has 0 amide bonds. The Morgan fingerprint density at radius 2 is 2.04 bits per heavy atom. The molecule has 3 rings (SSSR count). The largest absolute Gasteiger partial charge is 0.368 e. The Balaban J connectivity index is 1.74. The Bertz CT molecular complexity index is 588. The Morgan fingerprint density at radius 1 is 1.30 bits per heavy atom. The van der Waals surface area contributed by atoms with Crippen LogP contribution in [0.25, 0.3) is 10.4 Å². The maximum absolute atomic E-state index is 8.68. The van der Waals surface area contributed by atoms with Crippen LogP contribution in [-0.4, -0.2) is 36.4 Å². The first-order chi connectivity index (χ1) is 11.0. The summed E-state index contributed by atoms with van der Waals surface area (Å²) in [4.78, 5) is 2.86. The zero-order chi connectivity index (χ0) is 16.4. The van der Waals surface area contributed by atoms with Gasteiger partial charge in [0.25, 0.3) is 0 Å². The number of ether oxygens (including phenoxy) is 4. The molecule has 124 valence electrons. The van der Waals surface area contributed by atoms with Crippen molar-refractivity contribution in [2.45, 2.75) is 63.8 Å². The Hall–Kier alpha value is -1.63. The van der Waals surface area contributed by atoms with E-state index in [2.05, 4.69) is 10.0 Å². The summed E-state index contributed by atoms with van der Waals surface area (Å²) in [5.74, 6) is -0.712. The fraction of sp³-hybridized carbons (Fsp3) is 0.625. The van der Waals surface area contributed by atoms with Gasteiger partial charge >= 0.3 is 0 Å². The average Bonchev–Trinajstić information content (AvgIpc) is 2.98. The molecule has 0 aromatic heterocycles. The molecule has 0 unspecified atom stereocenters. The Labute approximate surface area is 135 Å². The molecule has 23 heavy (non-hydrogen) atoms. The van der Waals surface area contributed by atoms with Gasteiger partial charge in [0.15, 0.2) is 12.1 Å². The van der Waals surface area contributed by atoms with Crippen LogP contribution < -0.4 is 0 Å². The third-order valence-electron chi connectivity index (χ3n) is 4.02. The highest BCUT2D eigenvalue weighted by molar-refractivity contribution is 5.13. The molecule has 1 aromatic rings. The van der Waals surface area contributed by atoms with Gasteiger partial charge in [-0.25, -0.2) is 0 Å². The summed E-state index contributed by atoms with van der Waals surface area (Å²) in [5, 5.41) is 3.74. The highest BCUT2D eigenvalue weighted by atomic mass is 16.8. The van der Waals surface area contributed by atoms with Crippen LogP contribution in [0.1, 0.15) is 26.3 Å². The lowest BCUT2D eigenvalue weighted by Crippen LogP contribution is -2.41. The molecule has 0 bridgehead atoms. The van der Waals surface area contributed by atoms with E-state index in [-0.39, 0.29) is 18.2 Å². The summed E-state index contributed by atoms with van der Waals surface area (Å²) in [6.07, 6.45) is -1.61. The molecule has 7 heteroatoms. The molecule has 2 aliphatic heterocycles. The van der Waals surface area contributed by atoms with E-state index in [1.54, 1.807) is 6.92 Å². The van der Waals surface area contributed by atoms with Crippen molar-refractivity contribution in [2.24, 2.45) is 5.11 Å². The SMILES string of the molecule is C[C@@H](N=[N+]=[N-])[C@H]1O[C@@H]2OC(C)(C)O[C@@H]2[C@H]1OCc1ccccc1. The molecule has 2 aliphatic rings. The molecule has 2 heterocycles. The third kappa shape index (κ3) is 3.49. The minimum Gasteiger partial charge on any atom is -0.368 e. The molecule has 0 radical (unpaired) electrons. The van der Waals surface area contributed by atoms with E-state index in [0.717, 1.165) is 5.56 Å². The zero-order valence-corrected chi connectivity index (χ0v) is 13.5. The standard InChI is InChI=1S/C16H21N3O4/c1-10(18-19-17)12-13(20-9-11-7-5-4-6-8-11)14-15(21-12)23-16(2,3)22-14/h4-8,10,12-15H,9H2,1-3H3/t10-,12-,13+,14-,15-/m1/s1. The number of benzene rings is 1. The molecule has 0 aliphatic carbocycles. The number of azide groups is 1. The van der Waals surface area contributed by atoms with Crippen LogP contribution in [0.4, 0.5) is 0 Å². The second-order valence-electron chi connectivity index (χ2n) is 6.28. The molecule has 5 atom stereocenters. The third-order valence-corrected chi connectivity index (χ3v) is 4.02. The number of hydrogen-bond donors (Lipinski definition) is 0. The second kappa shape index (κ2) is 6.47. The van der Waals surface area contributed by atoms with Crippen LogP contribution >= 0.6 is 0 Å². The van der Waals surface area contributed by atoms with Crippen LogP contribution in [0.15, 0.2) is 35.4 Å². The van der Waals surface area contributed by atoms with Gasteiger partial charge in [-0.2, -0.15) is 0 Å². The lowest BCUT2D eigenvalue weighted by atomic mass is 10.1. The van der Waals surface area contributed by atoms with Crippen molar-refractivity contribution in [1.29, 1.82) is 0 Å². The van der Waals surface area contributed by atoms with E-state index in [1.807, 2.05) is 44.2 Å². The second-order valence-corrected chi connectivity index (χ2v) is 6.28. The molecule has 2 saturated heterocycles. The predicted octanol–water partition coefficient (Wildman–Crippen LogP) is 3.15. The molecular formula is C16H21N3O4. The predicted molar refractivity (Wildman–Crippen MR) is 82.3 cm³/mol. The molecular weight excluding hydrogens is 298 g/mol. The minimum absolute atomic E-state index is 0.338. The average molecular weight is 319 g/mol. The molecule has 0 saturated carbocycles. The zero-order valence-electron chi connectivity index (χ0n) is 13.5. The van der Waals surface area contributed by atoms with E-state index in [1.165, 1.54) is 0 Å². The van der Waals surface area contributed by atoms with Gasteiger partial charge in [-0.1, -0.05) is 42.4 Å². The smallest absolute Gasteiger partial charge is 0.190 e. The molecule has 0 spiro atoms. The summed E-state index contributed by atoms with van der Waals surface area (Å²) >= 11 is 0. The first-order valence-corrected chi connectivity index (χ1v) is 7.71. The summed E-state index contributed by atoms with van der Waals surface area (Å²) in [6, 6.07) is 9.50. The summed E-state index contributed by atoms with van der Waals surface area (Å²) in [7, 11) is 0. The lowest BCUT2D eigenvalue weighted by molar-refractivity contribution is -0.220. The fourth-order valence-corrected chi connectivity index (χ4v) is 3.00. The number of fused-ring (bicyclic) bond motifs is 1. The van der Waals surface area contributed by atoms with Gasteiger partial charge < -0.3 is 18.9 Å². The van der Waals surface area contributed by atoms with Gasteiger partial charge in [0.1, 0.15) is 12.2 Å². The van der Waals surface area contributed by atoms with E-state index in [4.69, 9.17) is 24.5 Å². The number of nitrogens with zero attached hydrogens (tertiary/aromatic N) is 3. The topological polar surface area (TPSA) is 85.7 Å². The van der Waals surface area contributed by atoms with Crippen molar-refractivity contribution in [3.8, 4) is 0 Å². The van der Waals surface area contributed by atoms with Crippen LogP contribution in [0, 0.1) is 0 Å². The fourth-order valence-electron chi connectivity index (χ4n) is 3.00. The summed E-state index contributed by atoms with van der Waals surface area (Å²) in [5.41, 5.74) is 9.74. The lowest BCUT2D eigenvalue weighted by Gasteiger charge is -2.27. The van der Waals surface area contributed by atoms with E-state index < -0.39 is 18.2 Å². The highest BCUT2D eigenvalue weighted by Gasteiger charge is 2.56. The molecule has 0 N–H and O–H groups in total. The Kier molecular flexibility index (Phi) is 4.57. The van der Waals surface area contributed by atoms with Crippen LogP contribution in [-0.2, 0) is 25.6 Å². The van der Waals surface area contributed by atoms with Crippen molar-refractivity contribution < 1.29 is 18.9 Å². The van der Waals surface area contributed by atoms with Gasteiger partial charge in [-0.15, -0.1) is 0 Å². The molecule has 2 fully saturated rings. The minimum atomic E-state index is -0.712. The number of rotatable bonds is 5. The van der Waals surface area contributed by atoms with Crippen LogP contribution in [0.2, 0.25) is 0 Å². The monoisotopic (exact) mass is 319 g/mol. The maximum Gasteiger partial charge on any atom is 0.190 e. The van der Waals surface area contributed by atoms with Crippen molar-refractivity contribution in [1.82, 2.24) is 0 Å². The van der Waals surface area contributed by atoms with Crippen molar-refractivity contribution >= 4 is 0 Å². The van der Waals surface area contributed by atoms with Gasteiger partial charge in [0, 0.05) is 4.91 Å². The van der Waals surface area contributed by atoms with Crippen LogP contribution in [0.5, 0.6) is 0 Å². The van der Waals surface area contributed by atoms with Crippen molar-refractivity contribution in [2.75, 3.05) is 0 Å². The summed E-state index contributed by atoms with van der Waals surface area (Å²) in [6.45, 7) is 5.92. The summed E-state index contributed by atoms with van der Waals surface area (Å²) < 4.78 is 23.6.